The molecule has 1 aliphatic heterocycles. The van der Waals surface area contributed by atoms with Crippen LogP contribution in [0.15, 0.2) is 17.5 Å². The van der Waals surface area contributed by atoms with E-state index in [2.05, 4.69) is 25.2 Å². The van der Waals surface area contributed by atoms with Crippen molar-refractivity contribution < 1.29 is 14.3 Å². The minimum atomic E-state index is -0.636. The average Bonchev–Trinajstić information content (AvgIpc) is 2.99. The molecule has 118 valence electrons. The summed E-state index contributed by atoms with van der Waals surface area (Å²) in [6.45, 7) is 7.71. The second-order valence-electron chi connectivity index (χ2n) is 5.81. The van der Waals surface area contributed by atoms with Crippen molar-refractivity contribution in [2.24, 2.45) is 0 Å². The van der Waals surface area contributed by atoms with E-state index in [4.69, 9.17) is 9.47 Å². The molecule has 4 nitrogen and oxygen atoms in total. The summed E-state index contributed by atoms with van der Waals surface area (Å²) in [7, 11) is 0. The van der Waals surface area contributed by atoms with Gasteiger partial charge in [0.2, 0.25) is 0 Å². The van der Waals surface area contributed by atoms with E-state index in [0.717, 1.165) is 6.42 Å². The van der Waals surface area contributed by atoms with E-state index in [1.54, 1.807) is 11.3 Å². The molecule has 1 fully saturated rings. The molecular formula is C16H25NO3S. The van der Waals surface area contributed by atoms with E-state index >= 15 is 0 Å². The Balaban J connectivity index is 2.15. The molecule has 0 saturated carbocycles. The van der Waals surface area contributed by atoms with E-state index in [9.17, 15) is 4.79 Å². The van der Waals surface area contributed by atoms with E-state index in [1.165, 1.54) is 4.88 Å². The van der Waals surface area contributed by atoms with Crippen LogP contribution in [-0.2, 0) is 20.8 Å². The van der Waals surface area contributed by atoms with E-state index in [-0.39, 0.29) is 11.6 Å². The van der Waals surface area contributed by atoms with Crippen molar-refractivity contribution in [1.29, 1.82) is 0 Å². The summed E-state index contributed by atoms with van der Waals surface area (Å²) in [6, 6.07) is 4.10. The van der Waals surface area contributed by atoms with Crippen LogP contribution in [0.1, 0.15) is 44.9 Å². The van der Waals surface area contributed by atoms with Gasteiger partial charge in [0, 0.05) is 24.4 Å². The second-order valence-corrected chi connectivity index (χ2v) is 6.85. The minimum Gasteiger partial charge on any atom is -0.465 e. The van der Waals surface area contributed by atoms with Crippen LogP contribution in [-0.4, -0.2) is 30.3 Å². The number of hydrogen-bond donors (Lipinski definition) is 1. The normalized spacial score (nSPS) is 29.3. The summed E-state index contributed by atoms with van der Waals surface area (Å²) in [5.74, 6) is -0.149. The Morgan fingerprint density at radius 2 is 2.33 bits per heavy atom. The van der Waals surface area contributed by atoms with Gasteiger partial charge in [-0.05, 0) is 38.1 Å². The third kappa shape index (κ3) is 3.84. The van der Waals surface area contributed by atoms with Crippen molar-refractivity contribution in [2.45, 2.75) is 57.7 Å². The number of esters is 1. The fourth-order valence-electron chi connectivity index (χ4n) is 2.81. The Hall–Kier alpha value is -0.910. The predicted octanol–water partition coefficient (Wildman–Crippen LogP) is 3.12. The van der Waals surface area contributed by atoms with Gasteiger partial charge >= 0.3 is 5.97 Å². The topological polar surface area (TPSA) is 47.6 Å². The lowest BCUT2D eigenvalue weighted by Gasteiger charge is -2.44. The predicted molar refractivity (Wildman–Crippen MR) is 84.4 cm³/mol. The van der Waals surface area contributed by atoms with Crippen molar-refractivity contribution in [1.82, 2.24) is 5.32 Å². The van der Waals surface area contributed by atoms with Gasteiger partial charge in [-0.25, -0.2) is 0 Å². The maximum atomic E-state index is 12.5. The lowest BCUT2D eigenvalue weighted by Crippen LogP contribution is -2.60. The molecule has 21 heavy (non-hydrogen) atoms. The van der Waals surface area contributed by atoms with E-state index in [0.29, 0.717) is 32.6 Å². The van der Waals surface area contributed by atoms with Gasteiger partial charge < -0.3 is 9.47 Å². The fraction of sp³-hybridized carbons (Fsp3) is 0.688. The van der Waals surface area contributed by atoms with Crippen LogP contribution in [0.2, 0.25) is 0 Å². The van der Waals surface area contributed by atoms with Gasteiger partial charge in [0.25, 0.3) is 0 Å². The second kappa shape index (κ2) is 6.90. The standard InChI is InChI=1S/C16H25NO3S/c1-4-15(3)12-16(8-9-20-15,14(18)19-5-2)17-11-13-7-6-10-21-13/h6-7,10,17H,4-5,8-9,11-12H2,1-3H3. The van der Waals surface area contributed by atoms with Crippen LogP contribution < -0.4 is 5.32 Å². The van der Waals surface area contributed by atoms with Gasteiger partial charge in [0.15, 0.2) is 0 Å². The van der Waals surface area contributed by atoms with E-state index in [1.807, 2.05) is 18.4 Å². The van der Waals surface area contributed by atoms with Crippen LogP contribution in [0.5, 0.6) is 0 Å². The van der Waals surface area contributed by atoms with Gasteiger partial charge in [-0.15, -0.1) is 11.3 Å². The highest BCUT2D eigenvalue weighted by Crippen LogP contribution is 2.35. The number of thiophene rings is 1. The highest BCUT2D eigenvalue weighted by molar-refractivity contribution is 7.09. The molecule has 1 aromatic rings. The smallest absolute Gasteiger partial charge is 0.326 e. The first-order valence-electron chi connectivity index (χ1n) is 7.62. The molecule has 1 N–H and O–H groups in total. The largest absolute Gasteiger partial charge is 0.465 e. The Morgan fingerprint density at radius 1 is 1.52 bits per heavy atom. The average molecular weight is 311 g/mol. The molecule has 2 unspecified atom stereocenters. The maximum Gasteiger partial charge on any atom is 0.326 e. The first-order chi connectivity index (χ1) is 10.0. The van der Waals surface area contributed by atoms with Crippen molar-refractivity contribution in [3.05, 3.63) is 22.4 Å². The summed E-state index contributed by atoms with van der Waals surface area (Å²) < 4.78 is 11.2. The molecule has 1 saturated heterocycles. The van der Waals surface area contributed by atoms with Crippen molar-refractivity contribution in [2.75, 3.05) is 13.2 Å². The molecule has 1 aliphatic rings. The zero-order valence-electron chi connectivity index (χ0n) is 13.1. The van der Waals surface area contributed by atoms with Crippen molar-refractivity contribution in [3.8, 4) is 0 Å². The van der Waals surface area contributed by atoms with Gasteiger partial charge in [-0.2, -0.15) is 0 Å². The van der Waals surface area contributed by atoms with Crippen LogP contribution >= 0.6 is 11.3 Å². The number of nitrogens with one attached hydrogen (secondary N) is 1. The number of rotatable bonds is 6. The number of ether oxygens (including phenoxy) is 2. The summed E-state index contributed by atoms with van der Waals surface area (Å²) in [6.07, 6.45) is 2.20. The molecule has 0 bridgehead atoms. The van der Waals surface area contributed by atoms with Crippen molar-refractivity contribution in [3.63, 3.8) is 0 Å². The molecular weight excluding hydrogens is 286 g/mol. The molecule has 2 heterocycles. The van der Waals surface area contributed by atoms with E-state index < -0.39 is 5.54 Å². The van der Waals surface area contributed by atoms with Crippen LogP contribution in [0.4, 0.5) is 0 Å². The van der Waals surface area contributed by atoms with Crippen LogP contribution in [0.3, 0.4) is 0 Å². The highest BCUT2D eigenvalue weighted by Gasteiger charge is 2.48. The lowest BCUT2D eigenvalue weighted by atomic mass is 9.79. The molecule has 0 aromatic carbocycles. The summed E-state index contributed by atoms with van der Waals surface area (Å²) in [5.41, 5.74) is -0.906. The Morgan fingerprint density at radius 3 is 2.95 bits per heavy atom. The first kappa shape index (κ1) is 16.5. The number of hydrogen-bond acceptors (Lipinski definition) is 5. The lowest BCUT2D eigenvalue weighted by molar-refractivity contribution is -0.166. The summed E-state index contributed by atoms with van der Waals surface area (Å²) in [5, 5.41) is 5.52. The third-order valence-corrected chi connectivity index (χ3v) is 5.13. The monoisotopic (exact) mass is 311 g/mol. The zero-order chi connectivity index (χ0) is 15.3. The van der Waals surface area contributed by atoms with Gasteiger partial charge in [-0.3, -0.25) is 10.1 Å². The maximum absolute atomic E-state index is 12.5. The zero-order valence-corrected chi connectivity index (χ0v) is 13.9. The molecule has 2 atom stereocenters. The van der Waals surface area contributed by atoms with Gasteiger partial charge in [0.05, 0.1) is 12.2 Å². The molecule has 0 spiro atoms. The summed E-state index contributed by atoms with van der Waals surface area (Å²) in [4.78, 5) is 13.8. The Kier molecular flexibility index (Phi) is 5.41. The molecule has 0 aliphatic carbocycles. The third-order valence-electron chi connectivity index (χ3n) is 4.25. The number of carbonyl (C=O) groups excluding carboxylic acids is 1. The van der Waals surface area contributed by atoms with Gasteiger partial charge in [0.1, 0.15) is 5.54 Å². The molecule has 5 heteroatoms. The molecule has 0 amide bonds. The fourth-order valence-corrected chi connectivity index (χ4v) is 3.46. The Labute approximate surface area is 130 Å². The SMILES string of the molecule is CCOC(=O)C1(NCc2cccs2)CCOC(C)(CC)C1. The molecule has 2 rings (SSSR count). The highest BCUT2D eigenvalue weighted by atomic mass is 32.1. The van der Waals surface area contributed by atoms with Crippen molar-refractivity contribution >= 4 is 17.3 Å². The van der Waals surface area contributed by atoms with Gasteiger partial charge in [-0.1, -0.05) is 13.0 Å². The van der Waals surface area contributed by atoms with Crippen LogP contribution in [0, 0.1) is 0 Å². The Bertz CT molecular complexity index is 462. The molecule has 0 radical (unpaired) electrons. The minimum absolute atomic E-state index is 0.149. The summed E-state index contributed by atoms with van der Waals surface area (Å²) >= 11 is 1.70. The quantitative estimate of drug-likeness (QED) is 0.820. The first-order valence-corrected chi connectivity index (χ1v) is 8.50. The van der Waals surface area contributed by atoms with Crippen LogP contribution in [0.25, 0.3) is 0 Å². The molecule has 1 aromatic heterocycles. The number of carbonyl (C=O) groups is 1.